The van der Waals surface area contributed by atoms with Crippen molar-refractivity contribution in [1.29, 1.82) is 0 Å². The maximum Gasteiger partial charge on any atom is 0.266 e. The molecule has 1 atom stereocenters. The lowest BCUT2D eigenvalue weighted by molar-refractivity contribution is -0.121. The third-order valence-electron chi connectivity index (χ3n) is 4.15. The average Bonchev–Trinajstić information content (AvgIpc) is 3.21. The summed E-state index contributed by atoms with van der Waals surface area (Å²) in [5.74, 6) is 0.123. The SMILES string of the molecule is COc1cccc(-c2nc(C)c(C(=O)N3CCC[C@H]3C(N)=O)s2)c1. The number of methoxy groups -OCH3 is 1. The van der Waals surface area contributed by atoms with Gasteiger partial charge in [-0.3, -0.25) is 9.59 Å². The molecule has 1 aliphatic heterocycles. The van der Waals surface area contributed by atoms with Crippen LogP contribution in [0.4, 0.5) is 0 Å². The summed E-state index contributed by atoms with van der Waals surface area (Å²) in [6.07, 6.45) is 1.42. The first-order chi connectivity index (χ1) is 11.5. The maximum atomic E-state index is 12.8. The van der Waals surface area contributed by atoms with Crippen LogP contribution in [0, 0.1) is 6.92 Å². The fourth-order valence-corrected chi connectivity index (χ4v) is 3.93. The topological polar surface area (TPSA) is 85.5 Å². The van der Waals surface area contributed by atoms with Crippen LogP contribution in [-0.2, 0) is 4.79 Å². The Hall–Kier alpha value is -2.41. The summed E-state index contributed by atoms with van der Waals surface area (Å²) >= 11 is 1.33. The van der Waals surface area contributed by atoms with Crippen molar-refractivity contribution in [2.75, 3.05) is 13.7 Å². The van der Waals surface area contributed by atoms with Crippen LogP contribution in [0.1, 0.15) is 28.2 Å². The Labute approximate surface area is 144 Å². The van der Waals surface area contributed by atoms with E-state index < -0.39 is 11.9 Å². The van der Waals surface area contributed by atoms with Crippen molar-refractivity contribution in [3.05, 3.63) is 34.8 Å². The molecule has 0 radical (unpaired) electrons. The Bertz CT molecular complexity index is 787. The Morgan fingerprint density at radius 3 is 2.92 bits per heavy atom. The molecule has 0 spiro atoms. The van der Waals surface area contributed by atoms with E-state index in [1.54, 1.807) is 12.0 Å². The minimum Gasteiger partial charge on any atom is -0.497 e. The number of carbonyl (C=O) groups excluding carboxylic acids is 2. The van der Waals surface area contributed by atoms with Crippen molar-refractivity contribution in [1.82, 2.24) is 9.88 Å². The normalized spacial score (nSPS) is 17.1. The summed E-state index contributed by atoms with van der Waals surface area (Å²) in [6.45, 7) is 2.36. The number of likely N-dealkylation sites (tertiary alicyclic amines) is 1. The second kappa shape index (κ2) is 6.60. The molecular weight excluding hydrogens is 326 g/mol. The van der Waals surface area contributed by atoms with Gasteiger partial charge in [0, 0.05) is 12.1 Å². The molecule has 2 aromatic rings. The van der Waals surface area contributed by atoms with Crippen molar-refractivity contribution in [3.8, 4) is 16.3 Å². The Balaban J connectivity index is 1.91. The van der Waals surface area contributed by atoms with Crippen LogP contribution >= 0.6 is 11.3 Å². The van der Waals surface area contributed by atoms with Gasteiger partial charge in [0.05, 0.1) is 12.8 Å². The lowest BCUT2D eigenvalue weighted by Crippen LogP contribution is -2.43. The summed E-state index contributed by atoms with van der Waals surface area (Å²) in [5.41, 5.74) is 6.97. The van der Waals surface area contributed by atoms with Gasteiger partial charge in [0.1, 0.15) is 21.7 Å². The number of amides is 2. The van der Waals surface area contributed by atoms with Crippen molar-refractivity contribution < 1.29 is 14.3 Å². The summed E-state index contributed by atoms with van der Waals surface area (Å²) in [6, 6.07) is 7.04. The maximum absolute atomic E-state index is 12.8. The van der Waals surface area contributed by atoms with Gasteiger partial charge in [-0.05, 0) is 31.9 Å². The zero-order valence-corrected chi connectivity index (χ0v) is 14.4. The summed E-state index contributed by atoms with van der Waals surface area (Å²) in [5, 5.41) is 0.754. The van der Waals surface area contributed by atoms with Crippen molar-refractivity contribution in [2.45, 2.75) is 25.8 Å². The van der Waals surface area contributed by atoms with E-state index in [9.17, 15) is 9.59 Å². The van der Waals surface area contributed by atoms with Gasteiger partial charge < -0.3 is 15.4 Å². The zero-order valence-electron chi connectivity index (χ0n) is 13.6. The first-order valence-corrected chi connectivity index (χ1v) is 8.55. The third-order valence-corrected chi connectivity index (χ3v) is 5.34. The van der Waals surface area contributed by atoms with Gasteiger partial charge in [0.2, 0.25) is 5.91 Å². The lowest BCUT2D eigenvalue weighted by atomic mass is 10.2. The Morgan fingerprint density at radius 2 is 2.21 bits per heavy atom. The van der Waals surface area contributed by atoms with E-state index in [1.807, 2.05) is 31.2 Å². The minimum atomic E-state index is -0.515. The summed E-state index contributed by atoms with van der Waals surface area (Å²) in [7, 11) is 1.61. The molecule has 1 aromatic carbocycles. The molecule has 1 saturated heterocycles. The van der Waals surface area contributed by atoms with Gasteiger partial charge in [0.25, 0.3) is 5.91 Å². The van der Waals surface area contributed by atoms with E-state index in [1.165, 1.54) is 11.3 Å². The monoisotopic (exact) mass is 345 g/mol. The molecule has 1 fully saturated rings. The number of aryl methyl sites for hydroxylation is 1. The molecule has 1 aliphatic rings. The number of aromatic nitrogens is 1. The van der Waals surface area contributed by atoms with Crippen molar-refractivity contribution in [2.24, 2.45) is 5.73 Å². The van der Waals surface area contributed by atoms with Gasteiger partial charge in [-0.25, -0.2) is 4.98 Å². The third kappa shape index (κ3) is 2.99. The summed E-state index contributed by atoms with van der Waals surface area (Å²) < 4.78 is 5.23. The van der Waals surface area contributed by atoms with Crippen LogP contribution < -0.4 is 10.5 Å². The molecule has 0 aliphatic carbocycles. The molecule has 126 valence electrons. The highest BCUT2D eigenvalue weighted by Crippen LogP contribution is 2.32. The van der Waals surface area contributed by atoms with E-state index in [0.717, 1.165) is 22.7 Å². The molecule has 2 amide bonds. The number of nitrogens with zero attached hydrogens (tertiary/aromatic N) is 2. The van der Waals surface area contributed by atoms with Crippen molar-refractivity contribution in [3.63, 3.8) is 0 Å². The molecule has 0 bridgehead atoms. The second-order valence-corrected chi connectivity index (χ2v) is 6.72. The number of nitrogens with two attached hydrogens (primary N) is 1. The highest BCUT2D eigenvalue weighted by Gasteiger charge is 2.34. The Kier molecular flexibility index (Phi) is 4.53. The molecule has 1 aromatic heterocycles. The number of hydrogen-bond donors (Lipinski definition) is 1. The predicted octanol–water partition coefficient (Wildman–Crippen LogP) is 2.22. The van der Waals surface area contributed by atoms with Crippen LogP contribution in [0.15, 0.2) is 24.3 Å². The van der Waals surface area contributed by atoms with E-state index in [-0.39, 0.29) is 5.91 Å². The van der Waals surface area contributed by atoms with Gasteiger partial charge in [-0.2, -0.15) is 0 Å². The number of benzene rings is 1. The highest BCUT2D eigenvalue weighted by molar-refractivity contribution is 7.17. The molecule has 24 heavy (non-hydrogen) atoms. The minimum absolute atomic E-state index is 0.166. The average molecular weight is 345 g/mol. The van der Waals surface area contributed by atoms with E-state index >= 15 is 0 Å². The predicted molar refractivity (Wildman–Crippen MR) is 92.1 cm³/mol. The van der Waals surface area contributed by atoms with Gasteiger partial charge in [-0.1, -0.05) is 12.1 Å². The van der Waals surface area contributed by atoms with Crippen LogP contribution in [0.2, 0.25) is 0 Å². The molecule has 0 unspecified atom stereocenters. The van der Waals surface area contributed by atoms with Crippen LogP contribution in [0.5, 0.6) is 5.75 Å². The van der Waals surface area contributed by atoms with Crippen LogP contribution in [0.25, 0.3) is 10.6 Å². The first-order valence-electron chi connectivity index (χ1n) is 7.73. The number of rotatable bonds is 4. The number of thiazole rings is 1. The smallest absolute Gasteiger partial charge is 0.266 e. The number of hydrogen-bond acceptors (Lipinski definition) is 5. The van der Waals surface area contributed by atoms with Crippen LogP contribution in [0.3, 0.4) is 0 Å². The highest BCUT2D eigenvalue weighted by atomic mass is 32.1. The molecule has 2 heterocycles. The van der Waals surface area contributed by atoms with E-state index in [2.05, 4.69) is 4.98 Å². The Morgan fingerprint density at radius 1 is 1.42 bits per heavy atom. The first kappa shape index (κ1) is 16.4. The fourth-order valence-electron chi connectivity index (χ4n) is 2.91. The standard InChI is InChI=1S/C17H19N3O3S/c1-10-14(17(22)20-8-4-7-13(20)15(18)21)24-16(19-10)11-5-3-6-12(9-11)23-2/h3,5-6,9,13H,4,7-8H2,1-2H3,(H2,18,21)/t13-/m0/s1. The van der Waals surface area contributed by atoms with Gasteiger partial charge in [0.15, 0.2) is 0 Å². The molecule has 3 rings (SSSR count). The van der Waals surface area contributed by atoms with Gasteiger partial charge >= 0.3 is 0 Å². The van der Waals surface area contributed by atoms with Gasteiger partial charge in [-0.15, -0.1) is 11.3 Å². The molecule has 0 saturated carbocycles. The molecule has 6 nitrogen and oxygen atoms in total. The lowest BCUT2D eigenvalue weighted by Gasteiger charge is -2.21. The number of carbonyl (C=O) groups is 2. The van der Waals surface area contributed by atoms with E-state index in [4.69, 9.17) is 10.5 Å². The number of primary amides is 1. The second-order valence-electron chi connectivity index (χ2n) is 5.72. The van der Waals surface area contributed by atoms with E-state index in [0.29, 0.717) is 23.5 Å². The fraction of sp³-hybridized carbons (Fsp3) is 0.353. The molecular formula is C17H19N3O3S. The summed E-state index contributed by atoms with van der Waals surface area (Å²) in [4.78, 5) is 31.0. The largest absolute Gasteiger partial charge is 0.497 e. The number of ether oxygens (including phenoxy) is 1. The quantitative estimate of drug-likeness (QED) is 0.920. The van der Waals surface area contributed by atoms with Crippen LogP contribution in [-0.4, -0.2) is 41.4 Å². The molecule has 7 heteroatoms. The van der Waals surface area contributed by atoms with Crippen molar-refractivity contribution >= 4 is 23.2 Å². The zero-order chi connectivity index (χ0) is 17.3. The molecule has 2 N–H and O–H groups in total.